The predicted octanol–water partition coefficient (Wildman–Crippen LogP) is 2.42. The van der Waals surface area contributed by atoms with E-state index < -0.39 is 0 Å². The molecule has 2 aromatic rings. The zero-order valence-corrected chi connectivity index (χ0v) is 13.1. The van der Waals surface area contributed by atoms with E-state index in [4.69, 9.17) is 4.74 Å². The van der Waals surface area contributed by atoms with Crippen molar-refractivity contribution in [3.8, 4) is 5.88 Å². The topological polar surface area (TPSA) is 50.3 Å². The Bertz CT molecular complexity index is 605. The van der Waals surface area contributed by atoms with Gasteiger partial charge in [0.2, 0.25) is 11.8 Å². The molecule has 2 unspecified atom stereocenters. The van der Waals surface area contributed by atoms with Crippen molar-refractivity contribution in [3.05, 3.63) is 48.2 Å². The van der Waals surface area contributed by atoms with Gasteiger partial charge in [-0.25, -0.2) is 4.98 Å². The molecule has 1 aliphatic rings. The van der Waals surface area contributed by atoms with E-state index in [0.29, 0.717) is 23.8 Å². The summed E-state index contributed by atoms with van der Waals surface area (Å²) in [5.74, 6) is 1.78. The van der Waals surface area contributed by atoms with E-state index in [1.807, 2.05) is 0 Å². The Morgan fingerprint density at radius 2 is 2.05 bits per heavy atom. The molecular weight excluding hydrogens is 276 g/mol. The van der Waals surface area contributed by atoms with Crippen LogP contribution in [0.25, 0.3) is 0 Å². The Morgan fingerprint density at radius 1 is 1.23 bits per heavy atom. The fourth-order valence-corrected chi connectivity index (χ4v) is 2.92. The molecule has 5 heteroatoms. The average Bonchev–Trinajstić information content (AvgIpc) is 2.88. The monoisotopic (exact) mass is 298 g/mol. The highest BCUT2D eigenvalue weighted by molar-refractivity contribution is 5.30. The number of anilines is 1. The molecule has 5 nitrogen and oxygen atoms in total. The van der Waals surface area contributed by atoms with Crippen LogP contribution in [0.3, 0.4) is 0 Å². The number of nitrogens with zero attached hydrogens (tertiary/aromatic N) is 3. The SMILES string of the molecule is COc1ccnc(NC2CN(Cc3ccccc3)CC2C)n1. The van der Waals surface area contributed by atoms with Crippen LogP contribution in [0.2, 0.25) is 0 Å². The molecule has 0 amide bonds. The maximum Gasteiger partial charge on any atom is 0.226 e. The van der Waals surface area contributed by atoms with E-state index in [2.05, 4.69) is 57.4 Å². The van der Waals surface area contributed by atoms with Crippen LogP contribution >= 0.6 is 0 Å². The lowest BCUT2D eigenvalue weighted by atomic mass is 10.1. The van der Waals surface area contributed by atoms with Crippen LogP contribution in [0.1, 0.15) is 12.5 Å². The minimum Gasteiger partial charge on any atom is -0.481 e. The van der Waals surface area contributed by atoms with Gasteiger partial charge in [0.1, 0.15) is 0 Å². The van der Waals surface area contributed by atoms with Crippen LogP contribution in [-0.2, 0) is 6.54 Å². The zero-order chi connectivity index (χ0) is 15.4. The summed E-state index contributed by atoms with van der Waals surface area (Å²) in [5, 5.41) is 3.44. The molecule has 0 bridgehead atoms. The largest absolute Gasteiger partial charge is 0.481 e. The summed E-state index contributed by atoms with van der Waals surface area (Å²) in [6, 6.07) is 12.7. The third kappa shape index (κ3) is 3.54. The van der Waals surface area contributed by atoms with E-state index in [9.17, 15) is 0 Å². The number of likely N-dealkylation sites (tertiary alicyclic amines) is 1. The molecule has 3 rings (SSSR count). The quantitative estimate of drug-likeness (QED) is 0.918. The summed E-state index contributed by atoms with van der Waals surface area (Å²) in [5.41, 5.74) is 1.35. The second kappa shape index (κ2) is 6.75. The highest BCUT2D eigenvalue weighted by Crippen LogP contribution is 2.21. The van der Waals surface area contributed by atoms with Gasteiger partial charge in [-0.15, -0.1) is 0 Å². The minimum atomic E-state index is 0.357. The Hall–Kier alpha value is -2.14. The van der Waals surface area contributed by atoms with Gasteiger partial charge in [-0.2, -0.15) is 4.98 Å². The van der Waals surface area contributed by atoms with E-state index in [1.165, 1.54) is 5.56 Å². The summed E-state index contributed by atoms with van der Waals surface area (Å²) in [4.78, 5) is 11.1. The van der Waals surface area contributed by atoms with Gasteiger partial charge < -0.3 is 10.1 Å². The molecule has 1 aliphatic heterocycles. The molecule has 1 saturated heterocycles. The molecule has 0 saturated carbocycles. The van der Waals surface area contributed by atoms with Crippen molar-refractivity contribution in [2.45, 2.75) is 19.5 Å². The average molecular weight is 298 g/mol. The van der Waals surface area contributed by atoms with Crippen LogP contribution in [0, 0.1) is 5.92 Å². The standard InChI is InChI=1S/C17H22N4O/c1-13-10-21(11-14-6-4-3-5-7-14)12-15(13)19-17-18-9-8-16(20-17)22-2/h3-9,13,15H,10-12H2,1-2H3,(H,18,19,20). The first-order chi connectivity index (χ1) is 10.7. The molecule has 1 N–H and O–H groups in total. The highest BCUT2D eigenvalue weighted by Gasteiger charge is 2.29. The molecular formula is C17H22N4O. The molecule has 2 atom stereocenters. The number of nitrogens with one attached hydrogen (secondary N) is 1. The van der Waals surface area contributed by atoms with Gasteiger partial charge in [-0.05, 0) is 11.5 Å². The fraction of sp³-hybridized carbons (Fsp3) is 0.412. The van der Waals surface area contributed by atoms with Crippen molar-refractivity contribution in [2.24, 2.45) is 5.92 Å². The van der Waals surface area contributed by atoms with Crippen molar-refractivity contribution in [1.82, 2.24) is 14.9 Å². The molecule has 1 aromatic heterocycles. The van der Waals surface area contributed by atoms with Gasteiger partial charge in [0, 0.05) is 37.9 Å². The van der Waals surface area contributed by atoms with E-state index >= 15 is 0 Å². The summed E-state index contributed by atoms with van der Waals surface area (Å²) >= 11 is 0. The number of ether oxygens (including phenoxy) is 1. The smallest absolute Gasteiger partial charge is 0.226 e. The molecule has 22 heavy (non-hydrogen) atoms. The second-order valence-corrected chi connectivity index (χ2v) is 5.83. The maximum atomic E-state index is 5.14. The van der Waals surface area contributed by atoms with Crippen molar-refractivity contribution in [2.75, 3.05) is 25.5 Å². The summed E-state index contributed by atoms with van der Waals surface area (Å²) in [7, 11) is 1.62. The lowest BCUT2D eigenvalue weighted by molar-refractivity contribution is 0.319. The summed E-state index contributed by atoms with van der Waals surface area (Å²) in [6.45, 7) is 5.33. The van der Waals surface area contributed by atoms with Crippen LogP contribution in [0.15, 0.2) is 42.6 Å². The summed E-state index contributed by atoms with van der Waals surface area (Å²) < 4.78 is 5.14. The van der Waals surface area contributed by atoms with Crippen LogP contribution < -0.4 is 10.1 Å². The number of hydrogen-bond donors (Lipinski definition) is 1. The Kier molecular flexibility index (Phi) is 4.53. The molecule has 2 heterocycles. The maximum absolute atomic E-state index is 5.14. The second-order valence-electron chi connectivity index (χ2n) is 5.83. The van der Waals surface area contributed by atoms with Crippen molar-refractivity contribution < 1.29 is 4.74 Å². The molecule has 0 aliphatic carbocycles. The zero-order valence-electron chi connectivity index (χ0n) is 13.1. The first kappa shape index (κ1) is 14.8. The third-order valence-corrected chi connectivity index (χ3v) is 4.09. The first-order valence-electron chi connectivity index (χ1n) is 7.64. The van der Waals surface area contributed by atoms with Crippen LogP contribution in [0.5, 0.6) is 5.88 Å². The van der Waals surface area contributed by atoms with Gasteiger partial charge in [0.05, 0.1) is 7.11 Å². The molecule has 1 aromatic carbocycles. The van der Waals surface area contributed by atoms with Crippen LogP contribution in [-0.4, -0.2) is 41.1 Å². The predicted molar refractivity (Wildman–Crippen MR) is 86.9 cm³/mol. The molecule has 116 valence electrons. The number of aromatic nitrogens is 2. The fourth-order valence-electron chi connectivity index (χ4n) is 2.92. The highest BCUT2D eigenvalue weighted by atomic mass is 16.5. The van der Waals surface area contributed by atoms with E-state index in [1.54, 1.807) is 19.4 Å². The van der Waals surface area contributed by atoms with Crippen LogP contribution in [0.4, 0.5) is 5.95 Å². The van der Waals surface area contributed by atoms with Crippen molar-refractivity contribution in [1.29, 1.82) is 0 Å². The van der Waals surface area contributed by atoms with Crippen molar-refractivity contribution in [3.63, 3.8) is 0 Å². The van der Waals surface area contributed by atoms with Gasteiger partial charge in [0.15, 0.2) is 0 Å². The summed E-state index contributed by atoms with van der Waals surface area (Å²) in [6.07, 6.45) is 1.72. The Balaban J connectivity index is 1.61. The van der Waals surface area contributed by atoms with E-state index in [0.717, 1.165) is 19.6 Å². The van der Waals surface area contributed by atoms with E-state index in [-0.39, 0.29) is 0 Å². The van der Waals surface area contributed by atoms with Gasteiger partial charge >= 0.3 is 0 Å². The normalized spacial score (nSPS) is 21.7. The number of rotatable bonds is 5. The Labute approximate surface area is 131 Å². The number of methoxy groups -OCH3 is 1. The lowest BCUT2D eigenvalue weighted by Crippen LogP contribution is -2.28. The minimum absolute atomic E-state index is 0.357. The van der Waals surface area contributed by atoms with Gasteiger partial charge in [-0.1, -0.05) is 37.3 Å². The Morgan fingerprint density at radius 3 is 2.82 bits per heavy atom. The van der Waals surface area contributed by atoms with Crippen molar-refractivity contribution >= 4 is 5.95 Å². The van der Waals surface area contributed by atoms with Gasteiger partial charge in [-0.3, -0.25) is 4.90 Å². The molecule has 0 spiro atoms. The lowest BCUT2D eigenvalue weighted by Gasteiger charge is -2.17. The molecule has 1 fully saturated rings. The molecule has 0 radical (unpaired) electrons. The number of hydrogen-bond acceptors (Lipinski definition) is 5. The first-order valence-corrected chi connectivity index (χ1v) is 7.64. The third-order valence-electron chi connectivity index (χ3n) is 4.09. The number of benzene rings is 1. The van der Waals surface area contributed by atoms with Gasteiger partial charge in [0.25, 0.3) is 0 Å².